The lowest BCUT2D eigenvalue weighted by Gasteiger charge is -2.24. The lowest BCUT2D eigenvalue weighted by atomic mass is 10.3. The third kappa shape index (κ3) is 5.79. The summed E-state index contributed by atoms with van der Waals surface area (Å²) in [6, 6.07) is 21.4. The van der Waals surface area contributed by atoms with Crippen LogP contribution >= 0.6 is 0 Å². The molecule has 32 heavy (non-hydrogen) atoms. The number of sulfonamides is 1. The summed E-state index contributed by atoms with van der Waals surface area (Å²) >= 11 is 0. The lowest BCUT2D eigenvalue weighted by Crippen LogP contribution is -2.38. The zero-order valence-corrected chi connectivity index (χ0v) is 19.0. The highest BCUT2D eigenvalue weighted by molar-refractivity contribution is 7.92. The zero-order valence-electron chi connectivity index (χ0n) is 18.2. The summed E-state index contributed by atoms with van der Waals surface area (Å²) in [6.07, 6.45) is 0.0386. The highest BCUT2D eigenvalue weighted by Gasteiger charge is 2.27. The second-order valence-electron chi connectivity index (χ2n) is 7.26. The molecule has 8 heteroatoms. The van der Waals surface area contributed by atoms with E-state index in [1.54, 1.807) is 66.7 Å². The van der Waals surface area contributed by atoms with Crippen molar-refractivity contribution in [2.75, 3.05) is 23.3 Å². The SMILES string of the molecule is COc1ccc(N(CC(=O)Nc2ccc(OC(C)C)cc2)S(=O)(=O)c2ccccc2)cc1. The topological polar surface area (TPSA) is 84.9 Å². The summed E-state index contributed by atoms with van der Waals surface area (Å²) in [5, 5.41) is 2.74. The standard InChI is InChI=1S/C24H26N2O5S/c1-18(2)31-22-13-9-19(10-14-22)25-24(27)17-26(20-11-15-21(30-3)16-12-20)32(28,29)23-7-5-4-6-8-23/h4-16,18H,17H2,1-3H3,(H,25,27). The number of carbonyl (C=O) groups excluding carboxylic acids is 1. The van der Waals surface area contributed by atoms with Crippen molar-refractivity contribution in [3.05, 3.63) is 78.9 Å². The smallest absolute Gasteiger partial charge is 0.264 e. The molecule has 0 heterocycles. The predicted molar refractivity (Wildman–Crippen MR) is 125 cm³/mol. The van der Waals surface area contributed by atoms with Gasteiger partial charge < -0.3 is 14.8 Å². The molecule has 0 saturated carbocycles. The molecule has 0 aromatic heterocycles. The first kappa shape index (κ1) is 23.1. The van der Waals surface area contributed by atoms with Crippen molar-refractivity contribution in [1.29, 1.82) is 0 Å². The van der Waals surface area contributed by atoms with Crippen molar-refractivity contribution in [3.63, 3.8) is 0 Å². The average molecular weight is 455 g/mol. The summed E-state index contributed by atoms with van der Waals surface area (Å²) in [5.41, 5.74) is 0.892. The Hall–Kier alpha value is -3.52. The molecule has 7 nitrogen and oxygen atoms in total. The van der Waals surface area contributed by atoms with Gasteiger partial charge in [-0.25, -0.2) is 8.42 Å². The number of hydrogen-bond acceptors (Lipinski definition) is 5. The fourth-order valence-electron chi connectivity index (χ4n) is 3.00. The molecule has 0 saturated heterocycles. The third-order valence-electron chi connectivity index (χ3n) is 4.49. The number of nitrogens with one attached hydrogen (secondary N) is 1. The number of anilines is 2. The molecule has 1 amide bonds. The predicted octanol–water partition coefficient (Wildman–Crippen LogP) is 4.32. The van der Waals surface area contributed by atoms with Crippen molar-refractivity contribution in [3.8, 4) is 11.5 Å². The Morgan fingerprint density at radius 2 is 1.50 bits per heavy atom. The number of ether oxygens (including phenoxy) is 2. The van der Waals surface area contributed by atoms with E-state index in [2.05, 4.69) is 5.32 Å². The van der Waals surface area contributed by atoms with Crippen LogP contribution in [0.15, 0.2) is 83.8 Å². The molecule has 0 fully saturated rings. The van der Waals surface area contributed by atoms with E-state index in [0.29, 0.717) is 22.9 Å². The molecule has 0 atom stereocenters. The minimum atomic E-state index is -3.97. The molecule has 1 N–H and O–H groups in total. The van der Waals surface area contributed by atoms with Crippen molar-refractivity contribution >= 4 is 27.3 Å². The van der Waals surface area contributed by atoms with Gasteiger partial charge in [-0.2, -0.15) is 0 Å². The van der Waals surface area contributed by atoms with E-state index in [-0.39, 0.29) is 11.0 Å². The number of hydrogen-bond donors (Lipinski definition) is 1. The second kappa shape index (κ2) is 10.2. The van der Waals surface area contributed by atoms with Crippen molar-refractivity contribution in [1.82, 2.24) is 0 Å². The quantitative estimate of drug-likeness (QED) is 0.521. The van der Waals surface area contributed by atoms with Crippen LogP contribution < -0.4 is 19.1 Å². The van der Waals surface area contributed by atoms with E-state index < -0.39 is 22.5 Å². The first-order chi connectivity index (χ1) is 15.3. The van der Waals surface area contributed by atoms with Crippen LogP contribution in [0.2, 0.25) is 0 Å². The van der Waals surface area contributed by atoms with Crippen LogP contribution in [0.3, 0.4) is 0 Å². The maximum absolute atomic E-state index is 13.3. The van der Waals surface area contributed by atoms with Crippen LogP contribution in [-0.2, 0) is 14.8 Å². The van der Waals surface area contributed by atoms with Gasteiger partial charge in [0, 0.05) is 5.69 Å². The van der Waals surface area contributed by atoms with Crippen LogP contribution in [-0.4, -0.2) is 34.1 Å². The van der Waals surface area contributed by atoms with Crippen molar-refractivity contribution in [2.24, 2.45) is 0 Å². The first-order valence-electron chi connectivity index (χ1n) is 10.1. The fraction of sp³-hybridized carbons (Fsp3) is 0.208. The van der Waals surface area contributed by atoms with Gasteiger partial charge in [0.1, 0.15) is 18.0 Å². The van der Waals surface area contributed by atoms with Crippen LogP contribution in [0.1, 0.15) is 13.8 Å². The van der Waals surface area contributed by atoms with Gasteiger partial charge in [-0.05, 0) is 74.5 Å². The molecular weight excluding hydrogens is 428 g/mol. The van der Waals surface area contributed by atoms with Crippen LogP contribution in [0.4, 0.5) is 11.4 Å². The number of methoxy groups -OCH3 is 1. The maximum Gasteiger partial charge on any atom is 0.264 e. The molecule has 0 radical (unpaired) electrons. The molecule has 0 aliphatic rings. The Bertz CT molecular complexity index is 1130. The monoisotopic (exact) mass is 454 g/mol. The van der Waals surface area contributed by atoms with E-state index in [9.17, 15) is 13.2 Å². The van der Waals surface area contributed by atoms with Gasteiger partial charge in [-0.15, -0.1) is 0 Å². The normalized spacial score (nSPS) is 11.1. The third-order valence-corrected chi connectivity index (χ3v) is 6.28. The molecule has 0 unspecified atom stereocenters. The Labute approximate surface area is 188 Å². The van der Waals surface area contributed by atoms with Gasteiger partial charge in [0.2, 0.25) is 5.91 Å². The highest BCUT2D eigenvalue weighted by Crippen LogP contribution is 2.26. The van der Waals surface area contributed by atoms with Crippen molar-refractivity contribution < 1.29 is 22.7 Å². The minimum absolute atomic E-state index is 0.0386. The van der Waals surface area contributed by atoms with E-state index in [1.165, 1.54) is 19.2 Å². The Morgan fingerprint density at radius 1 is 0.906 bits per heavy atom. The molecule has 168 valence electrons. The molecule has 0 spiro atoms. The van der Waals surface area contributed by atoms with Gasteiger partial charge in [-0.3, -0.25) is 9.10 Å². The summed E-state index contributed by atoms with van der Waals surface area (Å²) in [6.45, 7) is 3.46. The van der Waals surface area contributed by atoms with Crippen molar-refractivity contribution in [2.45, 2.75) is 24.8 Å². The lowest BCUT2D eigenvalue weighted by molar-refractivity contribution is -0.114. The maximum atomic E-state index is 13.3. The number of rotatable bonds is 9. The average Bonchev–Trinajstić information content (AvgIpc) is 2.79. The highest BCUT2D eigenvalue weighted by atomic mass is 32.2. The van der Waals surface area contributed by atoms with E-state index in [1.807, 2.05) is 13.8 Å². The van der Waals surface area contributed by atoms with Gasteiger partial charge >= 0.3 is 0 Å². The van der Waals surface area contributed by atoms with E-state index in [0.717, 1.165) is 4.31 Å². The van der Waals surface area contributed by atoms with E-state index >= 15 is 0 Å². The minimum Gasteiger partial charge on any atom is -0.497 e. The molecule has 3 aromatic rings. The summed E-state index contributed by atoms with van der Waals surface area (Å²) in [7, 11) is -2.44. The number of amides is 1. The molecular formula is C24H26N2O5S. The van der Waals surface area contributed by atoms with Gasteiger partial charge in [-0.1, -0.05) is 18.2 Å². The molecule has 0 aliphatic carbocycles. The zero-order chi connectivity index (χ0) is 23.1. The largest absolute Gasteiger partial charge is 0.497 e. The van der Waals surface area contributed by atoms with Crippen LogP contribution in [0.25, 0.3) is 0 Å². The molecule has 0 bridgehead atoms. The summed E-state index contributed by atoms with van der Waals surface area (Å²) in [4.78, 5) is 12.9. The molecule has 3 rings (SSSR count). The molecule has 0 aliphatic heterocycles. The number of nitrogens with zero attached hydrogens (tertiary/aromatic N) is 1. The first-order valence-corrected chi connectivity index (χ1v) is 11.5. The van der Waals surface area contributed by atoms with Gasteiger partial charge in [0.05, 0.1) is 23.8 Å². The van der Waals surface area contributed by atoms with Crippen LogP contribution in [0.5, 0.6) is 11.5 Å². The van der Waals surface area contributed by atoms with Gasteiger partial charge in [0.25, 0.3) is 10.0 Å². The summed E-state index contributed by atoms with van der Waals surface area (Å²) in [5.74, 6) is 0.793. The molecule has 3 aromatic carbocycles. The Kier molecular flexibility index (Phi) is 7.37. The summed E-state index contributed by atoms with van der Waals surface area (Å²) < 4.78 is 38.5. The number of carbonyl (C=O) groups is 1. The fourth-order valence-corrected chi connectivity index (χ4v) is 4.45. The van der Waals surface area contributed by atoms with E-state index in [4.69, 9.17) is 9.47 Å². The Morgan fingerprint density at radius 3 is 2.06 bits per heavy atom. The number of benzene rings is 3. The second-order valence-corrected chi connectivity index (χ2v) is 9.12. The van der Waals surface area contributed by atoms with Gasteiger partial charge in [0.15, 0.2) is 0 Å². The Balaban J connectivity index is 1.84. The van der Waals surface area contributed by atoms with Crippen LogP contribution in [0, 0.1) is 0 Å².